The molecule has 1 aromatic rings. The lowest BCUT2D eigenvalue weighted by Crippen LogP contribution is -2.48. The molecule has 1 aromatic carbocycles. The Morgan fingerprint density at radius 2 is 1.95 bits per heavy atom. The molecule has 3 heteroatoms. The molecule has 0 aromatic heterocycles. The summed E-state index contributed by atoms with van der Waals surface area (Å²) in [7, 11) is 0. The zero-order chi connectivity index (χ0) is 13.7. The van der Waals surface area contributed by atoms with Crippen molar-refractivity contribution < 1.29 is 5.11 Å². The molecule has 1 saturated heterocycles. The van der Waals surface area contributed by atoms with E-state index in [0.29, 0.717) is 0 Å². The molecule has 0 aliphatic carbocycles. The fourth-order valence-corrected chi connectivity index (χ4v) is 2.81. The predicted octanol–water partition coefficient (Wildman–Crippen LogP) is 1.75. The maximum Gasteiger partial charge on any atom is 0.0665 e. The minimum Gasteiger partial charge on any atom is -0.394 e. The second-order valence-electron chi connectivity index (χ2n) is 5.57. The Labute approximate surface area is 116 Å². The molecule has 1 atom stereocenters. The Morgan fingerprint density at radius 3 is 2.58 bits per heavy atom. The first-order valence-corrected chi connectivity index (χ1v) is 7.36. The van der Waals surface area contributed by atoms with Gasteiger partial charge in [-0.3, -0.25) is 4.90 Å². The van der Waals surface area contributed by atoms with E-state index in [-0.39, 0.29) is 12.1 Å². The molecule has 1 heterocycles. The summed E-state index contributed by atoms with van der Waals surface area (Å²) >= 11 is 0. The molecular formula is C16H26N2O. The van der Waals surface area contributed by atoms with Crippen molar-refractivity contribution in [3.8, 4) is 0 Å². The highest BCUT2D eigenvalue weighted by Gasteiger charge is 2.33. The van der Waals surface area contributed by atoms with Gasteiger partial charge >= 0.3 is 0 Å². The quantitative estimate of drug-likeness (QED) is 0.868. The fraction of sp³-hybridized carbons (Fsp3) is 0.625. The number of hydrogen-bond donors (Lipinski definition) is 2. The molecule has 1 aliphatic heterocycles. The van der Waals surface area contributed by atoms with Crippen molar-refractivity contribution in [2.45, 2.75) is 32.2 Å². The molecule has 1 aliphatic rings. The van der Waals surface area contributed by atoms with Crippen LogP contribution in [-0.2, 0) is 12.0 Å². The summed E-state index contributed by atoms with van der Waals surface area (Å²) in [4.78, 5) is 2.41. The van der Waals surface area contributed by atoms with Crippen molar-refractivity contribution in [1.82, 2.24) is 10.2 Å². The van der Waals surface area contributed by atoms with E-state index in [1.807, 2.05) is 0 Å². The van der Waals surface area contributed by atoms with Gasteiger partial charge in [0.1, 0.15) is 0 Å². The Kier molecular flexibility index (Phi) is 4.97. The zero-order valence-corrected chi connectivity index (χ0v) is 12.2. The average molecular weight is 262 g/mol. The maximum absolute atomic E-state index is 9.95. The highest BCUT2D eigenvalue weighted by Crippen LogP contribution is 2.28. The summed E-state index contributed by atoms with van der Waals surface area (Å²) in [5, 5.41) is 13.4. The van der Waals surface area contributed by atoms with Gasteiger partial charge in [0, 0.05) is 19.6 Å². The molecule has 0 bridgehead atoms. The van der Waals surface area contributed by atoms with Crippen molar-refractivity contribution in [1.29, 1.82) is 0 Å². The number of benzene rings is 1. The predicted molar refractivity (Wildman–Crippen MR) is 79.3 cm³/mol. The molecule has 0 spiro atoms. The minimum absolute atomic E-state index is 0.165. The van der Waals surface area contributed by atoms with Crippen molar-refractivity contribution in [3.05, 3.63) is 35.4 Å². The third kappa shape index (κ3) is 3.16. The van der Waals surface area contributed by atoms with Crippen LogP contribution in [-0.4, -0.2) is 42.8 Å². The first-order valence-electron chi connectivity index (χ1n) is 7.36. The van der Waals surface area contributed by atoms with Crippen LogP contribution in [0.25, 0.3) is 0 Å². The molecule has 3 nitrogen and oxygen atoms in total. The Morgan fingerprint density at radius 1 is 1.21 bits per heavy atom. The van der Waals surface area contributed by atoms with Crippen LogP contribution in [0.5, 0.6) is 0 Å². The van der Waals surface area contributed by atoms with Gasteiger partial charge in [-0.25, -0.2) is 0 Å². The van der Waals surface area contributed by atoms with Crippen molar-refractivity contribution in [2.24, 2.45) is 0 Å². The van der Waals surface area contributed by atoms with Crippen LogP contribution in [0.1, 0.15) is 31.4 Å². The molecule has 106 valence electrons. The summed E-state index contributed by atoms with van der Waals surface area (Å²) in [5.41, 5.74) is 2.30. The van der Waals surface area contributed by atoms with Gasteiger partial charge in [-0.15, -0.1) is 0 Å². The number of nitrogens with one attached hydrogen (secondary N) is 1. The topological polar surface area (TPSA) is 35.5 Å². The molecule has 0 radical (unpaired) electrons. The van der Waals surface area contributed by atoms with Crippen LogP contribution in [0.15, 0.2) is 24.3 Å². The van der Waals surface area contributed by atoms with E-state index < -0.39 is 0 Å². The summed E-state index contributed by atoms with van der Waals surface area (Å²) in [6.45, 7) is 8.60. The number of hydrogen-bond acceptors (Lipinski definition) is 3. The van der Waals surface area contributed by atoms with Gasteiger partial charge in [0.25, 0.3) is 0 Å². The van der Waals surface area contributed by atoms with Crippen LogP contribution >= 0.6 is 0 Å². The largest absolute Gasteiger partial charge is 0.394 e. The third-order valence-electron chi connectivity index (χ3n) is 4.33. The molecule has 2 rings (SSSR count). The molecular weight excluding hydrogens is 236 g/mol. The maximum atomic E-state index is 9.95. The van der Waals surface area contributed by atoms with Crippen LogP contribution in [0.4, 0.5) is 0 Å². The van der Waals surface area contributed by atoms with Crippen molar-refractivity contribution in [2.75, 3.05) is 32.8 Å². The van der Waals surface area contributed by atoms with E-state index in [4.69, 9.17) is 0 Å². The van der Waals surface area contributed by atoms with Crippen LogP contribution in [0, 0.1) is 0 Å². The van der Waals surface area contributed by atoms with Gasteiger partial charge in [0.2, 0.25) is 0 Å². The van der Waals surface area contributed by atoms with Crippen LogP contribution < -0.4 is 5.32 Å². The average Bonchev–Trinajstić information content (AvgIpc) is 2.76. The number of aryl methyl sites for hydroxylation is 1. The second kappa shape index (κ2) is 6.51. The Hall–Kier alpha value is -0.900. The van der Waals surface area contributed by atoms with Crippen LogP contribution in [0.2, 0.25) is 0 Å². The molecule has 0 saturated carbocycles. The lowest BCUT2D eigenvalue weighted by atomic mass is 9.89. The third-order valence-corrected chi connectivity index (χ3v) is 4.33. The number of aliphatic hydroxyl groups is 1. The van der Waals surface area contributed by atoms with Gasteiger partial charge < -0.3 is 10.4 Å². The van der Waals surface area contributed by atoms with Gasteiger partial charge in [-0.05, 0) is 37.4 Å². The second-order valence-corrected chi connectivity index (χ2v) is 5.57. The normalized spacial score (nSPS) is 20.8. The SMILES string of the molecule is CCc1ccc(C(C)(CO)N2CCCNCC2)cc1. The standard InChI is InChI=1S/C16H26N2O/c1-3-14-5-7-15(8-6-14)16(2,13-19)18-11-4-9-17-10-12-18/h5-8,17,19H,3-4,9-13H2,1-2H3. The summed E-state index contributed by atoms with van der Waals surface area (Å²) < 4.78 is 0. The van der Waals surface area contributed by atoms with Gasteiger partial charge in [0.05, 0.1) is 12.1 Å². The Balaban J connectivity index is 2.23. The number of rotatable bonds is 4. The van der Waals surface area contributed by atoms with Gasteiger partial charge in [-0.2, -0.15) is 0 Å². The molecule has 1 unspecified atom stereocenters. The fourth-order valence-electron chi connectivity index (χ4n) is 2.81. The van der Waals surface area contributed by atoms with E-state index >= 15 is 0 Å². The highest BCUT2D eigenvalue weighted by atomic mass is 16.3. The van der Waals surface area contributed by atoms with Gasteiger partial charge in [0.15, 0.2) is 0 Å². The number of aliphatic hydroxyl groups excluding tert-OH is 1. The van der Waals surface area contributed by atoms with E-state index in [9.17, 15) is 5.11 Å². The summed E-state index contributed by atoms with van der Waals surface area (Å²) in [6.07, 6.45) is 2.20. The minimum atomic E-state index is -0.266. The highest BCUT2D eigenvalue weighted by molar-refractivity contribution is 5.28. The Bertz CT molecular complexity index is 382. The van der Waals surface area contributed by atoms with E-state index in [0.717, 1.165) is 39.0 Å². The summed E-state index contributed by atoms with van der Waals surface area (Å²) in [6, 6.07) is 8.71. The summed E-state index contributed by atoms with van der Waals surface area (Å²) in [5.74, 6) is 0. The van der Waals surface area contributed by atoms with E-state index in [2.05, 4.69) is 48.3 Å². The smallest absolute Gasteiger partial charge is 0.0665 e. The van der Waals surface area contributed by atoms with E-state index in [1.54, 1.807) is 0 Å². The molecule has 19 heavy (non-hydrogen) atoms. The molecule has 2 N–H and O–H groups in total. The molecule has 0 amide bonds. The first-order chi connectivity index (χ1) is 9.20. The van der Waals surface area contributed by atoms with E-state index in [1.165, 1.54) is 11.1 Å². The monoisotopic (exact) mass is 262 g/mol. The van der Waals surface area contributed by atoms with Crippen LogP contribution in [0.3, 0.4) is 0 Å². The first kappa shape index (κ1) is 14.5. The lowest BCUT2D eigenvalue weighted by molar-refractivity contribution is 0.0453. The molecule has 1 fully saturated rings. The number of nitrogens with zero attached hydrogens (tertiary/aromatic N) is 1. The lowest BCUT2D eigenvalue weighted by Gasteiger charge is -2.40. The van der Waals surface area contributed by atoms with Gasteiger partial charge in [-0.1, -0.05) is 31.2 Å². The van der Waals surface area contributed by atoms with Crippen molar-refractivity contribution in [3.63, 3.8) is 0 Å². The zero-order valence-electron chi connectivity index (χ0n) is 12.2. The van der Waals surface area contributed by atoms with Crippen molar-refractivity contribution >= 4 is 0 Å².